The number of aliphatic hydroxyl groups is 1. The smallest absolute Gasteiger partial charge is 0.226 e. The highest BCUT2D eigenvalue weighted by Gasteiger charge is 2.22. The van der Waals surface area contributed by atoms with E-state index in [9.17, 15) is 14.3 Å². The summed E-state index contributed by atoms with van der Waals surface area (Å²) in [5, 5.41) is 13.1. The molecule has 3 rings (SSSR count). The SMILES string of the molecule is O=C1CCN(CC(O)c2ccccc2)c2ccc(F)cc2N1. The summed E-state index contributed by atoms with van der Waals surface area (Å²) in [4.78, 5) is 13.6. The Morgan fingerprint density at radius 2 is 2.00 bits per heavy atom. The van der Waals surface area contributed by atoms with Gasteiger partial charge in [0, 0.05) is 19.5 Å². The van der Waals surface area contributed by atoms with Gasteiger partial charge in [-0.3, -0.25) is 4.79 Å². The number of β-amino-alcohol motifs (C(OH)–C–C–N with tert-alkyl or cyclic N) is 1. The van der Waals surface area contributed by atoms with Gasteiger partial charge in [0.2, 0.25) is 5.91 Å². The summed E-state index contributed by atoms with van der Waals surface area (Å²) in [6.07, 6.45) is -0.370. The average molecular weight is 300 g/mol. The van der Waals surface area contributed by atoms with Crippen molar-refractivity contribution in [2.45, 2.75) is 12.5 Å². The molecule has 0 fully saturated rings. The highest BCUT2D eigenvalue weighted by Crippen LogP contribution is 2.31. The molecule has 0 saturated carbocycles. The second kappa shape index (κ2) is 6.15. The number of amides is 1. The fourth-order valence-corrected chi connectivity index (χ4v) is 2.63. The molecule has 0 bridgehead atoms. The molecule has 0 radical (unpaired) electrons. The largest absolute Gasteiger partial charge is 0.387 e. The van der Waals surface area contributed by atoms with E-state index in [-0.39, 0.29) is 5.91 Å². The second-order valence-corrected chi connectivity index (χ2v) is 5.33. The summed E-state index contributed by atoms with van der Waals surface area (Å²) in [5.41, 5.74) is 1.99. The van der Waals surface area contributed by atoms with Crippen LogP contribution in [0.5, 0.6) is 0 Å². The lowest BCUT2D eigenvalue weighted by atomic mass is 10.1. The van der Waals surface area contributed by atoms with Gasteiger partial charge < -0.3 is 15.3 Å². The van der Waals surface area contributed by atoms with Crippen LogP contribution in [0.2, 0.25) is 0 Å². The molecule has 2 aromatic rings. The Labute approximate surface area is 128 Å². The maximum Gasteiger partial charge on any atom is 0.226 e. The van der Waals surface area contributed by atoms with Crippen LogP contribution in [0.4, 0.5) is 15.8 Å². The zero-order chi connectivity index (χ0) is 15.5. The van der Waals surface area contributed by atoms with Crippen molar-refractivity contribution in [1.82, 2.24) is 0 Å². The average Bonchev–Trinajstić information content (AvgIpc) is 2.67. The van der Waals surface area contributed by atoms with Crippen LogP contribution in [0.1, 0.15) is 18.1 Å². The van der Waals surface area contributed by atoms with Gasteiger partial charge in [0.1, 0.15) is 5.82 Å². The molecular formula is C17H17FN2O2. The first kappa shape index (κ1) is 14.5. The molecule has 1 heterocycles. The van der Waals surface area contributed by atoms with E-state index < -0.39 is 11.9 Å². The molecule has 0 aliphatic carbocycles. The first-order chi connectivity index (χ1) is 10.6. The van der Waals surface area contributed by atoms with Crippen molar-refractivity contribution in [3.63, 3.8) is 0 Å². The van der Waals surface area contributed by atoms with Crippen molar-refractivity contribution in [2.24, 2.45) is 0 Å². The fraction of sp³-hybridized carbons (Fsp3) is 0.235. The summed E-state index contributed by atoms with van der Waals surface area (Å²) in [5.74, 6) is -0.548. The third-order valence-electron chi connectivity index (χ3n) is 3.76. The minimum Gasteiger partial charge on any atom is -0.387 e. The Morgan fingerprint density at radius 1 is 1.23 bits per heavy atom. The van der Waals surface area contributed by atoms with Crippen molar-refractivity contribution in [3.8, 4) is 0 Å². The van der Waals surface area contributed by atoms with Crippen LogP contribution in [0.3, 0.4) is 0 Å². The standard InChI is InChI=1S/C17H17FN2O2/c18-13-6-7-15-14(10-13)19-17(22)8-9-20(15)11-16(21)12-4-2-1-3-5-12/h1-7,10,16,21H,8-9,11H2,(H,19,22). The van der Waals surface area contributed by atoms with E-state index >= 15 is 0 Å². The number of hydrogen-bond donors (Lipinski definition) is 2. The molecule has 114 valence electrons. The highest BCUT2D eigenvalue weighted by atomic mass is 19.1. The monoisotopic (exact) mass is 300 g/mol. The first-order valence-corrected chi connectivity index (χ1v) is 7.21. The molecule has 5 heteroatoms. The van der Waals surface area contributed by atoms with E-state index in [1.54, 1.807) is 6.07 Å². The number of nitrogens with zero attached hydrogens (tertiary/aromatic N) is 1. The fourth-order valence-electron chi connectivity index (χ4n) is 2.63. The van der Waals surface area contributed by atoms with E-state index in [4.69, 9.17) is 0 Å². The molecule has 22 heavy (non-hydrogen) atoms. The number of nitrogens with one attached hydrogen (secondary N) is 1. The minimum atomic E-state index is -0.674. The van der Waals surface area contributed by atoms with Gasteiger partial charge in [-0.2, -0.15) is 0 Å². The van der Waals surface area contributed by atoms with Crippen LogP contribution in [-0.4, -0.2) is 24.1 Å². The molecule has 1 amide bonds. The highest BCUT2D eigenvalue weighted by molar-refractivity contribution is 5.96. The number of carbonyl (C=O) groups is 1. The van der Waals surface area contributed by atoms with Crippen LogP contribution >= 0.6 is 0 Å². The molecule has 0 spiro atoms. The van der Waals surface area contributed by atoms with Crippen molar-refractivity contribution < 1.29 is 14.3 Å². The number of hydrogen-bond acceptors (Lipinski definition) is 3. The molecule has 0 saturated heterocycles. The van der Waals surface area contributed by atoms with Crippen LogP contribution in [0, 0.1) is 5.82 Å². The van der Waals surface area contributed by atoms with E-state index in [0.717, 1.165) is 11.3 Å². The first-order valence-electron chi connectivity index (χ1n) is 7.21. The predicted molar refractivity (Wildman–Crippen MR) is 83.3 cm³/mol. The van der Waals surface area contributed by atoms with Gasteiger partial charge in [-0.25, -0.2) is 4.39 Å². The van der Waals surface area contributed by atoms with Gasteiger partial charge in [-0.15, -0.1) is 0 Å². The third-order valence-corrected chi connectivity index (χ3v) is 3.76. The molecule has 1 aliphatic heterocycles. The maximum atomic E-state index is 13.4. The van der Waals surface area contributed by atoms with E-state index in [1.807, 2.05) is 35.2 Å². The number of benzene rings is 2. The zero-order valence-electron chi connectivity index (χ0n) is 12.0. The Hall–Kier alpha value is -2.40. The molecule has 0 aromatic heterocycles. The number of anilines is 2. The quantitative estimate of drug-likeness (QED) is 0.916. The van der Waals surface area contributed by atoms with Crippen LogP contribution < -0.4 is 10.2 Å². The van der Waals surface area contributed by atoms with E-state index in [0.29, 0.717) is 25.2 Å². The summed E-state index contributed by atoms with van der Waals surface area (Å²) in [6.45, 7) is 0.825. The van der Waals surface area contributed by atoms with Gasteiger partial charge in [-0.1, -0.05) is 30.3 Å². The number of rotatable bonds is 3. The molecule has 1 unspecified atom stereocenters. The Bertz CT molecular complexity index is 676. The van der Waals surface area contributed by atoms with Gasteiger partial charge >= 0.3 is 0 Å². The van der Waals surface area contributed by atoms with E-state index in [1.165, 1.54) is 12.1 Å². The van der Waals surface area contributed by atoms with Crippen molar-refractivity contribution >= 4 is 17.3 Å². The normalized spacial score (nSPS) is 15.7. The molecule has 4 nitrogen and oxygen atoms in total. The molecule has 1 atom stereocenters. The maximum absolute atomic E-state index is 13.4. The van der Waals surface area contributed by atoms with Crippen LogP contribution in [0.25, 0.3) is 0 Å². The molecular weight excluding hydrogens is 283 g/mol. The zero-order valence-corrected chi connectivity index (χ0v) is 12.0. The molecule has 1 aliphatic rings. The number of carbonyl (C=O) groups excluding carboxylic acids is 1. The lowest BCUT2D eigenvalue weighted by Gasteiger charge is -2.27. The number of fused-ring (bicyclic) bond motifs is 1. The van der Waals surface area contributed by atoms with E-state index in [2.05, 4.69) is 5.32 Å². The van der Waals surface area contributed by atoms with Crippen molar-refractivity contribution in [3.05, 3.63) is 59.9 Å². The van der Waals surface area contributed by atoms with Gasteiger partial charge in [0.05, 0.1) is 17.5 Å². The Morgan fingerprint density at radius 3 is 2.77 bits per heavy atom. The Balaban J connectivity index is 1.86. The van der Waals surface area contributed by atoms with Crippen LogP contribution in [0.15, 0.2) is 48.5 Å². The second-order valence-electron chi connectivity index (χ2n) is 5.33. The Kier molecular flexibility index (Phi) is 4.06. The molecule has 2 aromatic carbocycles. The lowest BCUT2D eigenvalue weighted by Crippen LogP contribution is -2.29. The van der Waals surface area contributed by atoms with Gasteiger partial charge in [-0.05, 0) is 23.8 Å². The number of aliphatic hydroxyl groups excluding tert-OH is 1. The third kappa shape index (κ3) is 3.09. The summed E-state index contributed by atoms with van der Waals surface area (Å²) >= 11 is 0. The van der Waals surface area contributed by atoms with Crippen molar-refractivity contribution in [2.75, 3.05) is 23.3 Å². The van der Waals surface area contributed by atoms with Gasteiger partial charge in [0.15, 0.2) is 0 Å². The summed E-state index contributed by atoms with van der Waals surface area (Å²) < 4.78 is 13.4. The minimum absolute atomic E-state index is 0.149. The summed E-state index contributed by atoms with van der Waals surface area (Å²) in [6, 6.07) is 13.6. The number of halogens is 1. The lowest BCUT2D eigenvalue weighted by molar-refractivity contribution is -0.116. The van der Waals surface area contributed by atoms with Gasteiger partial charge in [0.25, 0.3) is 0 Å². The predicted octanol–water partition coefficient (Wildman–Crippen LogP) is 2.71. The van der Waals surface area contributed by atoms with Crippen molar-refractivity contribution in [1.29, 1.82) is 0 Å². The topological polar surface area (TPSA) is 52.6 Å². The van der Waals surface area contributed by atoms with Crippen LogP contribution in [-0.2, 0) is 4.79 Å². The summed E-state index contributed by atoms with van der Waals surface area (Å²) in [7, 11) is 0. The molecule has 2 N–H and O–H groups in total.